The van der Waals surface area contributed by atoms with Gasteiger partial charge in [-0.15, -0.1) is 0 Å². The van der Waals surface area contributed by atoms with Gasteiger partial charge in [-0.2, -0.15) is 0 Å². The molecule has 102 valence electrons. The molecule has 0 amide bonds. The Morgan fingerprint density at radius 2 is 2.11 bits per heavy atom. The fourth-order valence-corrected chi connectivity index (χ4v) is 2.11. The van der Waals surface area contributed by atoms with Crippen molar-refractivity contribution in [1.29, 1.82) is 0 Å². The smallest absolute Gasteiger partial charge is 0.419 e. The van der Waals surface area contributed by atoms with E-state index in [4.69, 9.17) is 16.3 Å². The van der Waals surface area contributed by atoms with E-state index in [1.807, 2.05) is 0 Å². The van der Waals surface area contributed by atoms with Crippen LogP contribution in [-0.2, 0) is 11.3 Å². The Morgan fingerprint density at radius 1 is 1.42 bits per heavy atom. The summed E-state index contributed by atoms with van der Waals surface area (Å²) in [5.74, 6) is 0. The van der Waals surface area contributed by atoms with E-state index >= 15 is 0 Å². The number of ether oxygens (including phenoxy) is 1. The van der Waals surface area contributed by atoms with Gasteiger partial charge in [-0.25, -0.2) is 9.36 Å². The molecule has 0 fully saturated rings. The highest BCUT2D eigenvalue weighted by Crippen LogP contribution is 2.27. The van der Waals surface area contributed by atoms with Gasteiger partial charge >= 0.3 is 6.09 Å². The van der Waals surface area contributed by atoms with Gasteiger partial charge in [0.25, 0.3) is 0 Å². The summed E-state index contributed by atoms with van der Waals surface area (Å²) in [6, 6.07) is 6.96. The van der Waals surface area contributed by atoms with Gasteiger partial charge in [0, 0.05) is 10.4 Å². The zero-order valence-electron chi connectivity index (χ0n) is 11.1. The summed E-state index contributed by atoms with van der Waals surface area (Å²) in [6.07, 6.45) is -0.520. The second kappa shape index (κ2) is 4.87. The summed E-state index contributed by atoms with van der Waals surface area (Å²) in [5, 5.41) is 10.6. The highest BCUT2D eigenvalue weighted by molar-refractivity contribution is 6.35. The van der Waals surface area contributed by atoms with Crippen LogP contribution in [0.1, 0.15) is 26.5 Å². The Balaban J connectivity index is 2.58. The molecule has 1 N–H and O–H groups in total. The molecular formula is C14H16ClNO3. The second-order valence-electron chi connectivity index (χ2n) is 5.28. The number of halogens is 1. The van der Waals surface area contributed by atoms with E-state index in [1.54, 1.807) is 45.0 Å². The number of hydrogen-bond acceptors (Lipinski definition) is 3. The molecular weight excluding hydrogens is 266 g/mol. The van der Waals surface area contributed by atoms with E-state index < -0.39 is 11.7 Å². The molecule has 1 aromatic carbocycles. The number of carbonyl (C=O) groups excluding carboxylic acids is 1. The van der Waals surface area contributed by atoms with Crippen molar-refractivity contribution >= 4 is 28.6 Å². The number of carbonyl (C=O) groups is 1. The lowest BCUT2D eigenvalue weighted by Crippen LogP contribution is -2.28. The number of fused-ring (bicyclic) bond motifs is 1. The summed E-state index contributed by atoms with van der Waals surface area (Å²) in [4.78, 5) is 12.2. The zero-order valence-corrected chi connectivity index (χ0v) is 11.9. The van der Waals surface area contributed by atoms with E-state index in [1.165, 1.54) is 4.57 Å². The predicted octanol–water partition coefficient (Wildman–Crippen LogP) is 3.57. The third-order valence-corrected chi connectivity index (χ3v) is 2.94. The molecule has 0 saturated carbocycles. The molecule has 0 spiro atoms. The monoisotopic (exact) mass is 281 g/mol. The first-order valence-electron chi connectivity index (χ1n) is 5.96. The van der Waals surface area contributed by atoms with Gasteiger partial charge < -0.3 is 9.84 Å². The third-order valence-electron chi connectivity index (χ3n) is 2.61. The molecule has 0 atom stereocenters. The largest absolute Gasteiger partial charge is 0.443 e. The molecule has 0 unspecified atom stereocenters. The maximum absolute atomic E-state index is 12.2. The summed E-state index contributed by atoms with van der Waals surface area (Å²) in [5.41, 5.74) is 0.488. The Hall–Kier alpha value is -1.52. The van der Waals surface area contributed by atoms with Crippen molar-refractivity contribution < 1.29 is 14.6 Å². The number of aliphatic hydroxyl groups excluding tert-OH is 1. The fourth-order valence-electron chi connectivity index (χ4n) is 1.89. The summed E-state index contributed by atoms with van der Waals surface area (Å²) in [6.45, 7) is 5.12. The molecule has 1 aromatic heterocycles. The van der Waals surface area contributed by atoms with E-state index in [0.717, 1.165) is 5.39 Å². The molecule has 0 aliphatic rings. The molecule has 2 rings (SSSR count). The summed E-state index contributed by atoms with van der Waals surface area (Å²) < 4.78 is 6.70. The lowest BCUT2D eigenvalue weighted by molar-refractivity contribution is 0.0533. The zero-order chi connectivity index (χ0) is 14.2. The molecule has 0 bridgehead atoms. The molecule has 0 aliphatic carbocycles. The minimum absolute atomic E-state index is 0.260. The van der Waals surface area contributed by atoms with E-state index in [2.05, 4.69) is 0 Å². The van der Waals surface area contributed by atoms with Crippen LogP contribution in [0.2, 0.25) is 5.02 Å². The van der Waals surface area contributed by atoms with Gasteiger partial charge in [0.2, 0.25) is 0 Å². The lowest BCUT2D eigenvalue weighted by atomic mass is 10.2. The van der Waals surface area contributed by atoms with Gasteiger partial charge in [0.15, 0.2) is 0 Å². The Labute approximate surface area is 116 Å². The van der Waals surface area contributed by atoms with Crippen LogP contribution in [0, 0.1) is 0 Å². The average molecular weight is 282 g/mol. The second-order valence-corrected chi connectivity index (χ2v) is 5.69. The lowest BCUT2D eigenvalue weighted by Gasteiger charge is -2.20. The Bertz CT molecular complexity index is 625. The first-order valence-corrected chi connectivity index (χ1v) is 6.34. The average Bonchev–Trinajstić information content (AvgIpc) is 2.66. The molecule has 4 nitrogen and oxygen atoms in total. The number of aromatic nitrogens is 1. The molecule has 19 heavy (non-hydrogen) atoms. The van der Waals surface area contributed by atoms with Crippen LogP contribution < -0.4 is 0 Å². The fraction of sp³-hybridized carbons (Fsp3) is 0.357. The van der Waals surface area contributed by atoms with Crippen molar-refractivity contribution in [2.45, 2.75) is 33.0 Å². The van der Waals surface area contributed by atoms with Crippen LogP contribution in [0.25, 0.3) is 10.9 Å². The first-order chi connectivity index (χ1) is 8.83. The Kier molecular flexibility index (Phi) is 3.56. The van der Waals surface area contributed by atoms with Crippen LogP contribution in [0.15, 0.2) is 24.3 Å². The van der Waals surface area contributed by atoms with Crippen molar-refractivity contribution in [1.82, 2.24) is 4.57 Å². The van der Waals surface area contributed by atoms with Gasteiger partial charge in [-0.05, 0) is 39.0 Å². The van der Waals surface area contributed by atoms with Crippen LogP contribution in [0.4, 0.5) is 4.79 Å². The molecule has 0 radical (unpaired) electrons. The highest BCUT2D eigenvalue weighted by Gasteiger charge is 2.22. The molecule has 1 heterocycles. The van der Waals surface area contributed by atoms with Crippen molar-refractivity contribution in [2.75, 3.05) is 0 Å². The number of aliphatic hydroxyl groups is 1. The maximum atomic E-state index is 12.2. The molecule has 0 saturated heterocycles. The normalized spacial score (nSPS) is 11.8. The van der Waals surface area contributed by atoms with Crippen molar-refractivity contribution in [2.24, 2.45) is 0 Å². The van der Waals surface area contributed by atoms with Gasteiger partial charge in [0.1, 0.15) is 5.60 Å². The van der Waals surface area contributed by atoms with Crippen LogP contribution in [0.5, 0.6) is 0 Å². The maximum Gasteiger partial charge on any atom is 0.419 e. The minimum Gasteiger partial charge on any atom is -0.443 e. The molecule has 5 heteroatoms. The summed E-state index contributed by atoms with van der Waals surface area (Å²) >= 11 is 6.09. The van der Waals surface area contributed by atoms with E-state index in [-0.39, 0.29) is 6.61 Å². The van der Waals surface area contributed by atoms with Gasteiger partial charge in [-0.3, -0.25) is 0 Å². The number of benzene rings is 1. The number of hydrogen-bond donors (Lipinski definition) is 1. The number of nitrogens with zero attached hydrogens (tertiary/aromatic N) is 1. The van der Waals surface area contributed by atoms with Crippen molar-refractivity contribution in [3.05, 3.63) is 35.0 Å². The minimum atomic E-state index is -0.598. The molecule has 0 aliphatic heterocycles. The standard InChI is InChI=1S/C14H16ClNO3/c1-14(2,3)19-13(18)16-9(8-17)7-10-11(15)5-4-6-12(10)16/h4-7,17H,8H2,1-3H3. The Morgan fingerprint density at radius 3 is 2.68 bits per heavy atom. The first kappa shape index (κ1) is 13.9. The van der Waals surface area contributed by atoms with Crippen molar-refractivity contribution in [3.63, 3.8) is 0 Å². The van der Waals surface area contributed by atoms with E-state index in [9.17, 15) is 9.90 Å². The van der Waals surface area contributed by atoms with Crippen LogP contribution in [-0.4, -0.2) is 21.4 Å². The van der Waals surface area contributed by atoms with E-state index in [0.29, 0.717) is 16.2 Å². The van der Waals surface area contributed by atoms with Gasteiger partial charge in [-0.1, -0.05) is 17.7 Å². The predicted molar refractivity (Wildman–Crippen MR) is 74.5 cm³/mol. The number of rotatable bonds is 1. The highest BCUT2D eigenvalue weighted by atomic mass is 35.5. The van der Waals surface area contributed by atoms with Crippen LogP contribution >= 0.6 is 11.6 Å². The third kappa shape index (κ3) is 2.74. The quantitative estimate of drug-likeness (QED) is 0.869. The van der Waals surface area contributed by atoms with Crippen LogP contribution in [0.3, 0.4) is 0 Å². The molecule has 2 aromatic rings. The SMILES string of the molecule is CC(C)(C)OC(=O)n1c(CO)cc2c(Cl)cccc21. The van der Waals surface area contributed by atoms with Crippen molar-refractivity contribution in [3.8, 4) is 0 Å². The summed E-state index contributed by atoms with van der Waals surface area (Å²) in [7, 11) is 0. The van der Waals surface area contributed by atoms with Gasteiger partial charge in [0.05, 0.1) is 17.8 Å². The topological polar surface area (TPSA) is 51.5 Å².